The van der Waals surface area contributed by atoms with Gasteiger partial charge in [-0.15, -0.1) is 0 Å². The van der Waals surface area contributed by atoms with Gasteiger partial charge in [-0.2, -0.15) is 0 Å². The van der Waals surface area contributed by atoms with Gasteiger partial charge >= 0.3 is 0 Å². The van der Waals surface area contributed by atoms with Crippen LogP contribution in [0.3, 0.4) is 0 Å². The number of ether oxygens (including phenoxy) is 2. The van der Waals surface area contributed by atoms with Crippen LogP contribution in [0, 0.1) is 10.1 Å². The number of aliphatic hydroxyl groups excluding tert-OH is 1. The van der Waals surface area contributed by atoms with Crippen molar-refractivity contribution in [1.82, 2.24) is 0 Å². The predicted molar refractivity (Wildman–Crippen MR) is 70.5 cm³/mol. The lowest BCUT2D eigenvalue weighted by molar-refractivity contribution is -0.385. The Kier molecular flexibility index (Phi) is 5.32. The average molecular weight is 267 g/mol. The van der Waals surface area contributed by atoms with E-state index in [0.29, 0.717) is 12.4 Å². The minimum Gasteiger partial charge on any atom is -0.493 e. The van der Waals surface area contributed by atoms with Crippen LogP contribution in [0.4, 0.5) is 5.69 Å². The Bertz CT molecular complexity index is 492. The highest BCUT2D eigenvalue weighted by molar-refractivity contribution is 5.54. The summed E-state index contributed by atoms with van der Waals surface area (Å²) in [7, 11) is 1.44. The second-order valence-corrected chi connectivity index (χ2v) is 4.14. The Labute approximate surface area is 111 Å². The monoisotopic (exact) mass is 267 g/mol. The van der Waals surface area contributed by atoms with Gasteiger partial charge in [-0.3, -0.25) is 10.1 Å². The van der Waals surface area contributed by atoms with Gasteiger partial charge in [-0.25, -0.2) is 0 Å². The van der Waals surface area contributed by atoms with Crippen LogP contribution in [0.15, 0.2) is 23.8 Å². The van der Waals surface area contributed by atoms with E-state index in [1.165, 1.54) is 19.2 Å². The van der Waals surface area contributed by atoms with Gasteiger partial charge in [0.1, 0.15) is 6.61 Å². The summed E-state index contributed by atoms with van der Waals surface area (Å²) in [6.07, 6.45) is 1.85. The molecule has 0 aliphatic heterocycles. The molecule has 0 heterocycles. The summed E-state index contributed by atoms with van der Waals surface area (Å²) in [5.41, 5.74) is 1.09. The molecule has 0 unspecified atom stereocenters. The molecule has 0 radical (unpaired) electrons. The van der Waals surface area contributed by atoms with E-state index in [-0.39, 0.29) is 17.0 Å². The number of hydrogen-bond donors (Lipinski definition) is 1. The number of nitro groups is 1. The zero-order valence-electron chi connectivity index (χ0n) is 11.2. The van der Waals surface area contributed by atoms with Crippen LogP contribution in [-0.4, -0.2) is 23.7 Å². The van der Waals surface area contributed by atoms with Crippen LogP contribution in [0.1, 0.15) is 19.4 Å². The Balaban J connectivity index is 3.11. The SMILES string of the molecule is COc1cc(CO)c([N+](=O)[O-])cc1OCC=C(C)C. The molecule has 6 heteroatoms. The number of allylic oxidation sites excluding steroid dienone is 1. The maximum Gasteiger partial charge on any atom is 0.278 e. The maximum atomic E-state index is 10.9. The molecule has 0 amide bonds. The molecular formula is C13H17NO5. The van der Waals surface area contributed by atoms with Crippen LogP contribution in [-0.2, 0) is 6.61 Å². The first-order chi connectivity index (χ1) is 8.99. The van der Waals surface area contributed by atoms with Gasteiger partial charge in [0, 0.05) is 0 Å². The molecular weight excluding hydrogens is 250 g/mol. The van der Waals surface area contributed by atoms with Crippen molar-refractivity contribution in [3.8, 4) is 11.5 Å². The molecule has 0 saturated heterocycles. The Morgan fingerprint density at radius 3 is 2.58 bits per heavy atom. The largest absolute Gasteiger partial charge is 0.493 e. The van der Waals surface area contributed by atoms with Gasteiger partial charge in [-0.05, 0) is 26.0 Å². The minimum atomic E-state index is -0.557. The summed E-state index contributed by atoms with van der Waals surface area (Å²) in [6, 6.07) is 2.68. The third-order valence-corrected chi connectivity index (χ3v) is 2.46. The number of methoxy groups -OCH3 is 1. The summed E-state index contributed by atoms with van der Waals surface area (Å²) in [5.74, 6) is 0.640. The fraction of sp³-hybridized carbons (Fsp3) is 0.385. The summed E-state index contributed by atoms with van der Waals surface area (Å²) in [4.78, 5) is 10.3. The molecule has 6 nitrogen and oxygen atoms in total. The highest BCUT2D eigenvalue weighted by Gasteiger charge is 2.18. The summed E-state index contributed by atoms with van der Waals surface area (Å²) in [6.45, 7) is 3.73. The van der Waals surface area contributed by atoms with Gasteiger partial charge in [0.05, 0.1) is 30.3 Å². The zero-order chi connectivity index (χ0) is 14.4. The van der Waals surface area contributed by atoms with Gasteiger partial charge < -0.3 is 14.6 Å². The van der Waals surface area contributed by atoms with E-state index >= 15 is 0 Å². The molecule has 1 aromatic carbocycles. The summed E-state index contributed by atoms with van der Waals surface area (Å²) in [5, 5.41) is 20.0. The fourth-order valence-corrected chi connectivity index (χ4v) is 1.46. The van der Waals surface area contributed by atoms with Crippen molar-refractivity contribution < 1.29 is 19.5 Å². The standard InChI is InChI=1S/C13H17NO5/c1-9(2)4-5-19-13-7-11(14(16)17)10(8-15)6-12(13)18-3/h4,6-7,15H,5,8H2,1-3H3. The maximum absolute atomic E-state index is 10.9. The molecule has 0 aliphatic carbocycles. The van der Waals surface area contributed by atoms with E-state index in [4.69, 9.17) is 14.6 Å². The van der Waals surface area contributed by atoms with Crippen LogP contribution >= 0.6 is 0 Å². The number of aliphatic hydroxyl groups is 1. The van der Waals surface area contributed by atoms with E-state index < -0.39 is 11.5 Å². The molecule has 19 heavy (non-hydrogen) atoms. The number of nitro benzene ring substituents is 1. The van der Waals surface area contributed by atoms with Gasteiger partial charge in [0.2, 0.25) is 0 Å². The van der Waals surface area contributed by atoms with E-state index in [1.54, 1.807) is 0 Å². The molecule has 0 atom stereocenters. The first kappa shape index (κ1) is 15.0. The molecule has 104 valence electrons. The second kappa shape index (κ2) is 6.75. The van der Waals surface area contributed by atoms with E-state index in [0.717, 1.165) is 5.57 Å². The minimum absolute atomic E-state index is 0.185. The molecule has 0 fully saturated rings. The van der Waals surface area contributed by atoms with E-state index in [1.807, 2.05) is 19.9 Å². The quantitative estimate of drug-likeness (QED) is 0.486. The zero-order valence-corrected chi connectivity index (χ0v) is 11.2. The summed E-state index contributed by atoms with van der Waals surface area (Å²) >= 11 is 0. The first-order valence-corrected chi connectivity index (χ1v) is 5.72. The number of nitrogens with zero attached hydrogens (tertiary/aromatic N) is 1. The van der Waals surface area contributed by atoms with Crippen molar-refractivity contribution in [1.29, 1.82) is 0 Å². The van der Waals surface area contributed by atoms with Crippen molar-refractivity contribution in [2.75, 3.05) is 13.7 Å². The topological polar surface area (TPSA) is 81.8 Å². The highest BCUT2D eigenvalue weighted by Crippen LogP contribution is 2.34. The number of hydrogen-bond acceptors (Lipinski definition) is 5. The Morgan fingerprint density at radius 2 is 2.11 bits per heavy atom. The average Bonchev–Trinajstić information content (AvgIpc) is 2.37. The molecule has 0 aliphatic rings. The van der Waals surface area contributed by atoms with E-state index in [9.17, 15) is 10.1 Å². The number of benzene rings is 1. The van der Waals surface area contributed by atoms with E-state index in [2.05, 4.69) is 0 Å². The molecule has 1 N–H and O–H groups in total. The first-order valence-electron chi connectivity index (χ1n) is 5.72. The third-order valence-electron chi connectivity index (χ3n) is 2.46. The van der Waals surface area contributed by atoms with Crippen molar-refractivity contribution in [3.05, 3.63) is 39.5 Å². The lowest BCUT2D eigenvalue weighted by Gasteiger charge is -2.11. The third kappa shape index (κ3) is 3.96. The Hall–Kier alpha value is -2.08. The van der Waals surface area contributed by atoms with Crippen molar-refractivity contribution in [3.63, 3.8) is 0 Å². The van der Waals surface area contributed by atoms with Crippen LogP contribution in [0.2, 0.25) is 0 Å². The lowest BCUT2D eigenvalue weighted by atomic mass is 10.1. The molecule has 0 saturated carbocycles. The predicted octanol–water partition coefficient (Wildman–Crippen LogP) is 2.44. The fourth-order valence-electron chi connectivity index (χ4n) is 1.46. The van der Waals surface area contributed by atoms with Crippen molar-refractivity contribution in [2.45, 2.75) is 20.5 Å². The molecule has 1 aromatic rings. The number of rotatable bonds is 6. The smallest absolute Gasteiger partial charge is 0.278 e. The molecule has 0 aromatic heterocycles. The lowest BCUT2D eigenvalue weighted by Crippen LogP contribution is -2.01. The van der Waals surface area contributed by atoms with Crippen LogP contribution in [0.25, 0.3) is 0 Å². The van der Waals surface area contributed by atoms with Crippen molar-refractivity contribution >= 4 is 5.69 Å². The van der Waals surface area contributed by atoms with Crippen LogP contribution in [0.5, 0.6) is 11.5 Å². The van der Waals surface area contributed by atoms with Crippen molar-refractivity contribution in [2.24, 2.45) is 0 Å². The van der Waals surface area contributed by atoms with Gasteiger partial charge in [0.25, 0.3) is 5.69 Å². The summed E-state index contributed by atoms with van der Waals surface area (Å²) < 4.78 is 10.5. The van der Waals surface area contributed by atoms with Crippen LogP contribution < -0.4 is 9.47 Å². The highest BCUT2D eigenvalue weighted by atomic mass is 16.6. The normalized spacial score (nSPS) is 9.89. The second-order valence-electron chi connectivity index (χ2n) is 4.14. The Morgan fingerprint density at radius 1 is 1.42 bits per heavy atom. The molecule has 0 spiro atoms. The molecule has 0 bridgehead atoms. The molecule has 1 rings (SSSR count). The van der Waals surface area contributed by atoms with Gasteiger partial charge in [0.15, 0.2) is 11.5 Å². The van der Waals surface area contributed by atoms with Gasteiger partial charge in [-0.1, -0.05) is 5.57 Å².